The van der Waals surface area contributed by atoms with E-state index in [0.717, 1.165) is 6.42 Å². The largest absolute Gasteiger partial charge is 0.294 e. The summed E-state index contributed by atoms with van der Waals surface area (Å²) in [6, 6.07) is 8.75. The molecule has 72 valence electrons. The summed E-state index contributed by atoms with van der Waals surface area (Å²) in [6.07, 6.45) is 1.86. The van der Waals surface area contributed by atoms with E-state index in [1.54, 1.807) is 24.3 Å². The molecule has 2 rings (SSSR count). The van der Waals surface area contributed by atoms with Gasteiger partial charge in [-0.05, 0) is 12.8 Å². The van der Waals surface area contributed by atoms with Crippen LogP contribution in [0.5, 0.6) is 0 Å². The Morgan fingerprint density at radius 3 is 2.43 bits per heavy atom. The summed E-state index contributed by atoms with van der Waals surface area (Å²) in [5, 5.41) is 0. The van der Waals surface area contributed by atoms with Crippen molar-refractivity contribution in [3.63, 3.8) is 0 Å². The number of carbonyl (C=O) groups excluding carboxylic acids is 1. The minimum atomic E-state index is -0.340. The van der Waals surface area contributed by atoms with Crippen LogP contribution in [-0.4, -0.2) is 5.78 Å². The highest BCUT2D eigenvalue weighted by Gasteiger charge is 2.21. The number of carbonyl (C=O) groups is 1. The number of Topliss-reactive ketones (excluding diaryl/α,β-unsaturated/α-hetero) is 1. The third kappa shape index (κ3) is 1.60. The second-order valence-corrected chi connectivity index (χ2v) is 3.44. The maximum atomic E-state index is 13.7. The van der Waals surface area contributed by atoms with E-state index in [-0.39, 0.29) is 11.6 Å². The number of hydrogen-bond donors (Lipinski definition) is 0. The Labute approximate surface area is 82.3 Å². The van der Waals surface area contributed by atoms with E-state index in [1.165, 1.54) is 0 Å². The van der Waals surface area contributed by atoms with Crippen LogP contribution in [0, 0.1) is 0 Å². The molecule has 0 aromatic heterocycles. The fraction of sp³-hybridized carbons (Fsp3) is 0.250. The lowest BCUT2D eigenvalue weighted by Crippen LogP contribution is -1.94. The first-order chi connectivity index (χ1) is 6.79. The van der Waals surface area contributed by atoms with Crippen LogP contribution in [0.1, 0.15) is 24.8 Å². The third-order valence-electron chi connectivity index (χ3n) is 2.46. The smallest absolute Gasteiger partial charge is 0.161 e. The summed E-state index contributed by atoms with van der Waals surface area (Å²) in [6.45, 7) is 0. The highest BCUT2D eigenvalue weighted by molar-refractivity contribution is 6.03. The number of halogens is 1. The molecule has 1 fully saturated rings. The van der Waals surface area contributed by atoms with E-state index >= 15 is 0 Å². The molecule has 0 aliphatic heterocycles. The van der Waals surface area contributed by atoms with Gasteiger partial charge in [-0.25, -0.2) is 4.39 Å². The first-order valence-corrected chi connectivity index (χ1v) is 4.76. The van der Waals surface area contributed by atoms with Crippen LogP contribution >= 0.6 is 0 Å². The maximum Gasteiger partial charge on any atom is 0.161 e. The van der Waals surface area contributed by atoms with E-state index < -0.39 is 0 Å². The molecule has 1 saturated carbocycles. The van der Waals surface area contributed by atoms with Crippen LogP contribution in [0.3, 0.4) is 0 Å². The van der Waals surface area contributed by atoms with Gasteiger partial charge in [0.1, 0.15) is 5.83 Å². The van der Waals surface area contributed by atoms with Gasteiger partial charge in [-0.15, -0.1) is 0 Å². The highest BCUT2D eigenvalue weighted by atomic mass is 19.1. The van der Waals surface area contributed by atoms with Crippen molar-refractivity contribution in [1.82, 2.24) is 0 Å². The first kappa shape index (κ1) is 9.13. The summed E-state index contributed by atoms with van der Waals surface area (Å²) in [5.41, 5.74) is 0.883. The van der Waals surface area contributed by atoms with Crippen molar-refractivity contribution in [3.8, 4) is 0 Å². The van der Waals surface area contributed by atoms with Gasteiger partial charge in [0.05, 0.1) is 0 Å². The average Bonchev–Trinajstić information content (AvgIpc) is 2.65. The van der Waals surface area contributed by atoms with Crippen LogP contribution in [0.2, 0.25) is 0 Å². The summed E-state index contributed by atoms with van der Waals surface area (Å²) in [5.74, 6) is -0.376. The minimum Gasteiger partial charge on any atom is -0.294 e. The van der Waals surface area contributed by atoms with Crippen LogP contribution in [-0.2, 0) is 4.79 Å². The molecule has 0 bridgehead atoms. The molecule has 0 saturated heterocycles. The molecule has 0 heterocycles. The Kier molecular flexibility index (Phi) is 2.44. The van der Waals surface area contributed by atoms with Crippen molar-refractivity contribution < 1.29 is 9.18 Å². The fourth-order valence-corrected chi connectivity index (χ4v) is 1.71. The molecule has 1 nitrogen and oxygen atoms in total. The fourth-order valence-electron chi connectivity index (χ4n) is 1.71. The van der Waals surface area contributed by atoms with Crippen molar-refractivity contribution >= 4 is 11.6 Å². The van der Waals surface area contributed by atoms with E-state index in [4.69, 9.17) is 0 Å². The van der Waals surface area contributed by atoms with E-state index in [0.29, 0.717) is 24.0 Å². The lowest BCUT2D eigenvalue weighted by atomic mass is 10.1. The van der Waals surface area contributed by atoms with Gasteiger partial charge in [0.2, 0.25) is 0 Å². The molecule has 0 amide bonds. The number of ketones is 1. The van der Waals surface area contributed by atoms with Gasteiger partial charge in [0.25, 0.3) is 0 Å². The predicted octanol–water partition coefficient (Wildman–Crippen LogP) is 3.12. The number of rotatable bonds is 1. The summed E-state index contributed by atoms with van der Waals surface area (Å²) >= 11 is 0. The normalized spacial score (nSPS) is 19.9. The first-order valence-electron chi connectivity index (χ1n) is 4.76. The maximum absolute atomic E-state index is 13.7. The van der Waals surface area contributed by atoms with E-state index in [9.17, 15) is 9.18 Å². The molecular weight excluding hydrogens is 179 g/mol. The highest BCUT2D eigenvalue weighted by Crippen LogP contribution is 2.29. The molecular formula is C12H11FO. The lowest BCUT2D eigenvalue weighted by Gasteiger charge is -2.00. The van der Waals surface area contributed by atoms with Crippen molar-refractivity contribution in [2.45, 2.75) is 19.3 Å². The molecule has 1 aromatic carbocycles. The van der Waals surface area contributed by atoms with Crippen LogP contribution < -0.4 is 0 Å². The summed E-state index contributed by atoms with van der Waals surface area (Å²) in [7, 11) is 0. The molecule has 0 unspecified atom stereocenters. The molecule has 0 atom stereocenters. The topological polar surface area (TPSA) is 17.1 Å². The Bertz CT molecular complexity index is 379. The van der Waals surface area contributed by atoms with Gasteiger partial charge in [-0.2, -0.15) is 0 Å². The van der Waals surface area contributed by atoms with E-state index in [1.807, 2.05) is 6.07 Å². The molecule has 0 radical (unpaired) electrons. The van der Waals surface area contributed by atoms with Gasteiger partial charge in [-0.1, -0.05) is 30.3 Å². The quantitative estimate of drug-likeness (QED) is 0.622. The van der Waals surface area contributed by atoms with Crippen molar-refractivity contribution in [2.24, 2.45) is 0 Å². The summed E-state index contributed by atoms with van der Waals surface area (Å²) in [4.78, 5) is 11.3. The van der Waals surface area contributed by atoms with Crippen LogP contribution in [0.4, 0.5) is 4.39 Å². The minimum absolute atomic E-state index is 0.0358. The van der Waals surface area contributed by atoms with Crippen molar-refractivity contribution in [2.75, 3.05) is 0 Å². The molecule has 1 aromatic rings. The Hall–Kier alpha value is -1.44. The third-order valence-corrected chi connectivity index (χ3v) is 2.46. The molecule has 1 aliphatic carbocycles. The zero-order valence-corrected chi connectivity index (χ0v) is 7.79. The Morgan fingerprint density at radius 2 is 1.86 bits per heavy atom. The zero-order valence-electron chi connectivity index (χ0n) is 7.79. The van der Waals surface area contributed by atoms with E-state index in [2.05, 4.69) is 0 Å². The summed E-state index contributed by atoms with van der Waals surface area (Å²) < 4.78 is 13.7. The number of benzene rings is 1. The van der Waals surface area contributed by atoms with Gasteiger partial charge in [0.15, 0.2) is 5.78 Å². The molecule has 14 heavy (non-hydrogen) atoms. The van der Waals surface area contributed by atoms with Crippen molar-refractivity contribution in [3.05, 3.63) is 41.5 Å². The van der Waals surface area contributed by atoms with Gasteiger partial charge >= 0.3 is 0 Å². The monoisotopic (exact) mass is 190 g/mol. The van der Waals surface area contributed by atoms with Gasteiger partial charge in [0, 0.05) is 17.6 Å². The lowest BCUT2D eigenvalue weighted by molar-refractivity contribution is -0.114. The zero-order chi connectivity index (χ0) is 9.97. The van der Waals surface area contributed by atoms with Crippen LogP contribution in [0.15, 0.2) is 35.9 Å². The molecule has 0 spiro atoms. The average molecular weight is 190 g/mol. The number of allylic oxidation sites excluding steroid dienone is 1. The SMILES string of the molecule is O=C1CCC/C1=C(\F)c1ccccc1. The molecule has 0 N–H and O–H groups in total. The Balaban J connectivity index is 2.40. The van der Waals surface area contributed by atoms with Gasteiger partial charge < -0.3 is 0 Å². The predicted molar refractivity (Wildman–Crippen MR) is 53.3 cm³/mol. The molecule has 2 heteroatoms. The standard InChI is InChI=1S/C12H11FO/c13-12(9-5-2-1-3-6-9)10-7-4-8-11(10)14/h1-3,5-6H,4,7-8H2/b12-10+. The van der Waals surface area contributed by atoms with Crippen molar-refractivity contribution in [1.29, 1.82) is 0 Å². The number of hydrogen-bond acceptors (Lipinski definition) is 1. The van der Waals surface area contributed by atoms with Gasteiger partial charge in [-0.3, -0.25) is 4.79 Å². The van der Waals surface area contributed by atoms with Crippen LogP contribution in [0.25, 0.3) is 5.83 Å². The Morgan fingerprint density at radius 1 is 1.14 bits per heavy atom. The molecule has 1 aliphatic rings. The second kappa shape index (κ2) is 3.74. The second-order valence-electron chi connectivity index (χ2n) is 3.44.